The van der Waals surface area contributed by atoms with Gasteiger partial charge in [-0.3, -0.25) is 4.90 Å². The van der Waals surface area contributed by atoms with Crippen LogP contribution in [0.25, 0.3) is 0 Å². The van der Waals surface area contributed by atoms with Crippen LogP contribution >= 0.6 is 0 Å². The Morgan fingerprint density at radius 1 is 1.60 bits per heavy atom. The molecule has 0 aromatic rings. The van der Waals surface area contributed by atoms with E-state index in [1.807, 2.05) is 0 Å². The molecule has 1 fully saturated rings. The van der Waals surface area contributed by atoms with E-state index in [2.05, 4.69) is 18.7 Å². The summed E-state index contributed by atoms with van der Waals surface area (Å²) in [5, 5.41) is 0. The van der Waals surface area contributed by atoms with Crippen LogP contribution in [0.3, 0.4) is 0 Å². The minimum absolute atomic E-state index is 0.208. The summed E-state index contributed by atoms with van der Waals surface area (Å²) in [5.74, 6) is 0. The lowest BCUT2D eigenvalue weighted by atomic mass is 10.2. The van der Waals surface area contributed by atoms with Gasteiger partial charge in [0, 0.05) is 6.04 Å². The van der Waals surface area contributed by atoms with Gasteiger partial charge in [0.05, 0.1) is 6.04 Å². The lowest BCUT2D eigenvalue weighted by molar-refractivity contribution is -0.112. The summed E-state index contributed by atoms with van der Waals surface area (Å²) in [5.41, 5.74) is 0. The van der Waals surface area contributed by atoms with E-state index in [0.29, 0.717) is 6.04 Å². The molecule has 1 aliphatic rings. The Hall–Kier alpha value is -0.370. The highest BCUT2D eigenvalue weighted by Gasteiger charge is 2.25. The Labute approximate surface area is 62.2 Å². The Kier molecular flexibility index (Phi) is 2.44. The number of carbonyl (C=O) groups is 1. The predicted octanol–water partition coefficient (Wildman–Crippen LogP) is 1.06. The van der Waals surface area contributed by atoms with Crippen molar-refractivity contribution in [2.45, 2.75) is 38.8 Å². The van der Waals surface area contributed by atoms with Crippen LogP contribution in [0.1, 0.15) is 26.7 Å². The zero-order valence-electron chi connectivity index (χ0n) is 6.71. The molecule has 0 aromatic carbocycles. The fourth-order valence-electron chi connectivity index (χ4n) is 1.60. The van der Waals surface area contributed by atoms with Crippen molar-refractivity contribution in [2.24, 2.45) is 0 Å². The second kappa shape index (κ2) is 3.15. The molecule has 0 bridgehead atoms. The Morgan fingerprint density at radius 2 is 2.30 bits per heavy atom. The smallest absolute Gasteiger partial charge is 0.137 e. The second-order valence-electron chi connectivity index (χ2n) is 3.18. The molecular weight excluding hydrogens is 126 g/mol. The van der Waals surface area contributed by atoms with E-state index >= 15 is 0 Å². The van der Waals surface area contributed by atoms with Crippen molar-refractivity contribution in [3.63, 3.8) is 0 Å². The molecule has 0 spiro atoms. The third-order valence-electron chi connectivity index (χ3n) is 2.16. The van der Waals surface area contributed by atoms with Crippen LogP contribution in [0.15, 0.2) is 0 Å². The Balaban J connectivity index is 2.49. The van der Waals surface area contributed by atoms with E-state index in [9.17, 15) is 4.79 Å². The van der Waals surface area contributed by atoms with Crippen LogP contribution in [0.4, 0.5) is 0 Å². The number of carbonyl (C=O) groups excluding carboxylic acids is 1. The van der Waals surface area contributed by atoms with Gasteiger partial charge in [0.15, 0.2) is 0 Å². The Morgan fingerprint density at radius 3 is 2.70 bits per heavy atom. The molecule has 0 amide bonds. The van der Waals surface area contributed by atoms with Gasteiger partial charge >= 0.3 is 0 Å². The van der Waals surface area contributed by atoms with Gasteiger partial charge in [0.2, 0.25) is 0 Å². The van der Waals surface area contributed by atoms with E-state index in [4.69, 9.17) is 0 Å². The van der Waals surface area contributed by atoms with E-state index in [1.54, 1.807) is 0 Å². The average molecular weight is 141 g/mol. The lowest BCUT2D eigenvalue weighted by Crippen LogP contribution is -2.36. The fraction of sp³-hybridized carbons (Fsp3) is 0.875. The van der Waals surface area contributed by atoms with E-state index in [0.717, 1.165) is 19.3 Å². The highest BCUT2D eigenvalue weighted by Crippen LogP contribution is 2.17. The molecule has 0 radical (unpaired) electrons. The van der Waals surface area contributed by atoms with Crippen molar-refractivity contribution in [2.75, 3.05) is 6.54 Å². The molecule has 0 aromatic heterocycles. The van der Waals surface area contributed by atoms with Gasteiger partial charge < -0.3 is 4.79 Å². The molecule has 0 saturated carbocycles. The molecule has 58 valence electrons. The molecule has 0 N–H and O–H groups in total. The van der Waals surface area contributed by atoms with Gasteiger partial charge in [-0.2, -0.15) is 0 Å². The lowest BCUT2D eigenvalue weighted by Gasteiger charge is -2.23. The summed E-state index contributed by atoms with van der Waals surface area (Å²) in [4.78, 5) is 12.7. The SMILES string of the molecule is CC(C)N1CCC[C@H]1C=O. The number of likely N-dealkylation sites (tertiary alicyclic amines) is 1. The van der Waals surface area contributed by atoms with E-state index < -0.39 is 0 Å². The molecule has 1 heterocycles. The normalized spacial score (nSPS) is 27.7. The largest absolute Gasteiger partial charge is 0.302 e. The van der Waals surface area contributed by atoms with Crippen LogP contribution in [0.2, 0.25) is 0 Å². The minimum Gasteiger partial charge on any atom is -0.302 e. The molecule has 0 unspecified atom stereocenters. The van der Waals surface area contributed by atoms with Gasteiger partial charge in [-0.1, -0.05) is 0 Å². The topological polar surface area (TPSA) is 20.3 Å². The molecule has 1 saturated heterocycles. The van der Waals surface area contributed by atoms with Crippen LogP contribution in [-0.4, -0.2) is 29.8 Å². The molecule has 1 atom stereocenters. The van der Waals surface area contributed by atoms with Crippen molar-refractivity contribution >= 4 is 6.29 Å². The van der Waals surface area contributed by atoms with Gasteiger partial charge in [0.1, 0.15) is 6.29 Å². The average Bonchev–Trinajstić information content (AvgIpc) is 2.33. The summed E-state index contributed by atoms with van der Waals surface area (Å²) in [6.45, 7) is 5.38. The summed E-state index contributed by atoms with van der Waals surface area (Å²) in [6, 6.07) is 0.734. The van der Waals surface area contributed by atoms with Crippen LogP contribution < -0.4 is 0 Å². The predicted molar refractivity (Wildman–Crippen MR) is 40.9 cm³/mol. The number of nitrogens with zero attached hydrogens (tertiary/aromatic N) is 1. The Bertz CT molecular complexity index is 122. The highest BCUT2D eigenvalue weighted by atomic mass is 16.1. The quantitative estimate of drug-likeness (QED) is 0.536. The van der Waals surface area contributed by atoms with Crippen molar-refractivity contribution in [3.05, 3.63) is 0 Å². The maximum atomic E-state index is 10.5. The van der Waals surface area contributed by atoms with Gasteiger partial charge in [-0.15, -0.1) is 0 Å². The van der Waals surface area contributed by atoms with Crippen molar-refractivity contribution < 1.29 is 4.79 Å². The number of hydrogen-bond donors (Lipinski definition) is 0. The number of rotatable bonds is 2. The standard InChI is InChI=1S/C8H15NO/c1-7(2)9-5-3-4-8(9)6-10/h6-8H,3-5H2,1-2H3/t8-/m0/s1. The van der Waals surface area contributed by atoms with E-state index in [1.165, 1.54) is 6.42 Å². The molecule has 0 aliphatic carbocycles. The molecule has 2 nitrogen and oxygen atoms in total. The molecule has 10 heavy (non-hydrogen) atoms. The first-order valence-corrected chi connectivity index (χ1v) is 3.96. The van der Waals surface area contributed by atoms with Gasteiger partial charge in [0.25, 0.3) is 0 Å². The first-order chi connectivity index (χ1) is 4.75. The molecular formula is C8H15NO. The minimum atomic E-state index is 0.208. The fourth-order valence-corrected chi connectivity index (χ4v) is 1.60. The highest BCUT2D eigenvalue weighted by molar-refractivity contribution is 5.58. The first-order valence-electron chi connectivity index (χ1n) is 3.96. The van der Waals surface area contributed by atoms with Crippen LogP contribution in [0, 0.1) is 0 Å². The molecule has 1 aliphatic heterocycles. The van der Waals surface area contributed by atoms with Crippen LogP contribution in [-0.2, 0) is 4.79 Å². The monoisotopic (exact) mass is 141 g/mol. The summed E-state index contributed by atoms with van der Waals surface area (Å²) in [6.07, 6.45) is 3.32. The zero-order chi connectivity index (χ0) is 7.56. The maximum Gasteiger partial charge on any atom is 0.137 e. The van der Waals surface area contributed by atoms with Gasteiger partial charge in [-0.05, 0) is 33.2 Å². The number of aldehydes is 1. The van der Waals surface area contributed by atoms with Crippen LogP contribution in [0.5, 0.6) is 0 Å². The van der Waals surface area contributed by atoms with Crippen molar-refractivity contribution in [1.29, 1.82) is 0 Å². The second-order valence-corrected chi connectivity index (χ2v) is 3.18. The number of hydrogen-bond acceptors (Lipinski definition) is 2. The summed E-state index contributed by atoms with van der Waals surface area (Å²) >= 11 is 0. The zero-order valence-corrected chi connectivity index (χ0v) is 6.71. The maximum absolute atomic E-state index is 10.5. The summed E-state index contributed by atoms with van der Waals surface area (Å²) < 4.78 is 0. The third-order valence-corrected chi connectivity index (χ3v) is 2.16. The molecule has 1 rings (SSSR count). The van der Waals surface area contributed by atoms with Crippen molar-refractivity contribution in [1.82, 2.24) is 4.90 Å². The first kappa shape index (κ1) is 7.73. The van der Waals surface area contributed by atoms with Crippen molar-refractivity contribution in [3.8, 4) is 0 Å². The van der Waals surface area contributed by atoms with E-state index in [-0.39, 0.29) is 6.04 Å². The summed E-state index contributed by atoms with van der Waals surface area (Å²) in [7, 11) is 0. The molecule has 2 heteroatoms. The third kappa shape index (κ3) is 1.37. The van der Waals surface area contributed by atoms with Gasteiger partial charge in [-0.25, -0.2) is 0 Å².